The lowest BCUT2D eigenvalue weighted by Crippen LogP contribution is -2.25. The van der Waals surface area contributed by atoms with Gasteiger partial charge in [0.1, 0.15) is 10.3 Å². The van der Waals surface area contributed by atoms with Crippen molar-refractivity contribution in [2.75, 3.05) is 26.0 Å². The number of hydrogen-bond donors (Lipinski definition) is 3. The summed E-state index contributed by atoms with van der Waals surface area (Å²) < 4.78 is 6.29. The van der Waals surface area contributed by atoms with E-state index in [-0.39, 0.29) is 29.0 Å². The van der Waals surface area contributed by atoms with Gasteiger partial charge in [-0.05, 0) is 77.5 Å². The van der Waals surface area contributed by atoms with Crippen LogP contribution in [0.4, 0.5) is 5.69 Å². The lowest BCUT2D eigenvalue weighted by atomic mass is 10.1. The van der Waals surface area contributed by atoms with E-state index >= 15 is 0 Å². The molecule has 0 atom stereocenters. The lowest BCUT2D eigenvalue weighted by molar-refractivity contribution is -0.140. The van der Waals surface area contributed by atoms with Crippen LogP contribution in [0.5, 0.6) is 0 Å². The zero-order valence-electron chi connectivity index (χ0n) is 26.1. The van der Waals surface area contributed by atoms with Crippen molar-refractivity contribution in [2.24, 2.45) is 0 Å². The molecular formula is C33H35BrCl2N6O5. The minimum absolute atomic E-state index is 0.0424. The summed E-state index contributed by atoms with van der Waals surface area (Å²) in [6.07, 6.45) is 4.64. The van der Waals surface area contributed by atoms with Gasteiger partial charge in [0.15, 0.2) is 5.82 Å². The smallest absolute Gasteiger partial charge is 0.305 e. The molecule has 4 rings (SSSR count). The molecule has 0 unspecified atom stereocenters. The van der Waals surface area contributed by atoms with E-state index < -0.39 is 5.91 Å². The highest BCUT2D eigenvalue weighted by Gasteiger charge is 2.22. The Morgan fingerprint density at radius 3 is 2.36 bits per heavy atom. The average Bonchev–Trinajstić information content (AvgIpc) is 3.46. The summed E-state index contributed by atoms with van der Waals surface area (Å²) in [7, 11) is 2.87. The van der Waals surface area contributed by atoms with Gasteiger partial charge in [-0.25, -0.2) is 9.67 Å². The first-order valence-corrected chi connectivity index (χ1v) is 16.2. The Labute approximate surface area is 291 Å². The van der Waals surface area contributed by atoms with Crippen LogP contribution in [0, 0.1) is 6.92 Å². The number of nitrogens with one attached hydrogen (secondary N) is 3. The fourth-order valence-electron chi connectivity index (χ4n) is 4.35. The average molecular weight is 746 g/mol. The standard InChI is InChI=1S/C18H14BrCl2N5O2.C15H21NO3/c1-9-6-10(20)7-11(17(27)22-2)15(9)24-18(28)13-8-14(19)25-26(13)16-12(21)4-3-5-23-16;1-19-15(18)10-6-5-9-14(17)16-12-11-13-7-3-2-4-8-13/h3-8H,1-2H3,(H,22,27)(H,24,28);2-4,7-8H,5-6,9-12H2,1H3,(H,16,17). The van der Waals surface area contributed by atoms with Crippen LogP contribution in [0.25, 0.3) is 5.82 Å². The molecule has 3 amide bonds. The number of aromatic nitrogens is 3. The van der Waals surface area contributed by atoms with Crippen LogP contribution in [0.1, 0.15) is 57.7 Å². The third-order valence-electron chi connectivity index (χ3n) is 6.70. The zero-order chi connectivity index (χ0) is 34.3. The summed E-state index contributed by atoms with van der Waals surface area (Å²) >= 11 is 15.5. The molecule has 3 N–H and O–H groups in total. The maximum atomic E-state index is 13.0. The number of amides is 3. The van der Waals surface area contributed by atoms with Gasteiger partial charge < -0.3 is 20.7 Å². The molecular weight excluding hydrogens is 711 g/mol. The van der Waals surface area contributed by atoms with Gasteiger partial charge in [-0.15, -0.1) is 0 Å². The Kier molecular flexibility index (Phi) is 14.9. The van der Waals surface area contributed by atoms with Crippen LogP contribution in [-0.4, -0.2) is 59.2 Å². The van der Waals surface area contributed by atoms with Crippen LogP contribution in [0.15, 0.2) is 71.5 Å². The fraction of sp³-hybridized carbons (Fsp3) is 0.273. The fourth-order valence-corrected chi connectivity index (χ4v) is 5.20. The predicted molar refractivity (Wildman–Crippen MR) is 185 cm³/mol. The number of carbonyl (C=O) groups excluding carboxylic acids is 4. The van der Waals surface area contributed by atoms with E-state index in [1.165, 1.54) is 36.5 Å². The molecule has 4 aromatic rings. The van der Waals surface area contributed by atoms with E-state index in [0.29, 0.717) is 63.9 Å². The number of hydrogen-bond acceptors (Lipinski definition) is 7. The highest BCUT2D eigenvalue weighted by Crippen LogP contribution is 2.27. The Morgan fingerprint density at radius 1 is 0.957 bits per heavy atom. The maximum Gasteiger partial charge on any atom is 0.305 e. The molecule has 0 aliphatic rings. The van der Waals surface area contributed by atoms with Crippen LogP contribution >= 0.6 is 39.1 Å². The van der Waals surface area contributed by atoms with Crippen molar-refractivity contribution in [3.8, 4) is 5.82 Å². The number of methoxy groups -OCH3 is 1. The minimum atomic E-state index is -0.490. The van der Waals surface area contributed by atoms with Crippen molar-refractivity contribution in [3.05, 3.63) is 104 Å². The van der Waals surface area contributed by atoms with Gasteiger partial charge in [-0.1, -0.05) is 53.5 Å². The van der Waals surface area contributed by atoms with E-state index in [1.807, 2.05) is 30.3 Å². The molecule has 0 fully saturated rings. The molecule has 248 valence electrons. The van der Waals surface area contributed by atoms with Crippen LogP contribution < -0.4 is 16.0 Å². The lowest BCUT2D eigenvalue weighted by Gasteiger charge is -2.14. The van der Waals surface area contributed by atoms with Crippen LogP contribution in [0.3, 0.4) is 0 Å². The topological polar surface area (TPSA) is 144 Å². The molecule has 2 aromatic carbocycles. The van der Waals surface area contributed by atoms with E-state index in [2.05, 4.69) is 46.7 Å². The number of halogens is 3. The van der Waals surface area contributed by atoms with E-state index in [1.54, 1.807) is 31.3 Å². The Balaban J connectivity index is 0.000000277. The number of unbranched alkanes of at least 4 members (excludes halogenated alkanes) is 1. The van der Waals surface area contributed by atoms with Crippen molar-refractivity contribution >= 4 is 68.5 Å². The van der Waals surface area contributed by atoms with Gasteiger partial charge >= 0.3 is 5.97 Å². The molecule has 0 aliphatic carbocycles. The molecule has 2 aromatic heterocycles. The molecule has 0 aliphatic heterocycles. The molecule has 11 nitrogen and oxygen atoms in total. The second-order valence-electron chi connectivity index (χ2n) is 10.1. The maximum absolute atomic E-state index is 13.0. The van der Waals surface area contributed by atoms with Crippen molar-refractivity contribution in [1.29, 1.82) is 0 Å². The highest BCUT2D eigenvalue weighted by molar-refractivity contribution is 9.10. The Hall–Kier alpha value is -4.26. The van der Waals surface area contributed by atoms with Gasteiger partial charge in [-0.2, -0.15) is 5.10 Å². The third-order valence-corrected chi connectivity index (χ3v) is 7.60. The minimum Gasteiger partial charge on any atom is -0.469 e. The second-order valence-corrected chi connectivity index (χ2v) is 11.8. The van der Waals surface area contributed by atoms with Crippen molar-refractivity contribution in [2.45, 2.75) is 39.0 Å². The number of ether oxygens (including phenoxy) is 1. The highest BCUT2D eigenvalue weighted by atomic mass is 79.9. The van der Waals surface area contributed by atoms with Crippen LogP contribution in [0.2, 0.25) is 10.0 Å². The molecule has 0 radical (unpaired) electrons. The molecule has 14 heteroatoms. The first-order chi connectivity index (χ1) is 22.5. The number of aryl methyl sites for hydroxylation is 1. The van der Waals surface area contributed by atoms with Gasteiger partial charge in [0.2, 0.25) is 5.91 Å². The first kappa shape index (κ1) is 37.2. The van der Waals surface area contributed by atoms with Gasteiger partial charge in [0, 0.05) is 43.7 Å². The predicted octanol–water partition coefficient (Wildman–Crippen LogP) is 6.34. The monoisotopic (exact) mass is 744 g/mol. The number of benzene rings is 2. The number of nitrogens with zero attached hydrogens (tertiary/aromatic N) is 3. The third kappa shape index (κ3) is 11.5. The quantitative estimate of drug-likeness (QED) is 0.114. The van der Waals surface area contributed by atoms with E-state index in [4.69, 9.17) is 23.2 Å². The normalized spacial score (nSPS) is 10.3. The van der Waals surface area contributed by atoms with Crippen LogP contribution in [-0.2, 0) is 20.7 Å². The molecule has 2 heterocycles. The molecule has 0 saturated heterocycles. The summed E-state index contributed by atoms with van der Waals surface area (Å²) in [6, 6.07) is 18.1. The summed E-state index contributed by atoms with van der Waals surface area (Å²) in [6.45, 7) is 2.40. The second kappa shape index (κ2) is 18.8. The first-order valence-electron chi connectivity index (χ1n) is 14.6. The molecule has 47 heavy (non-hydrogen) atoms. The summed E-state index contributed by atoms with van der Waals surface area (Å²) in [4.78, 5) is 51.8. The van der Waals surface area contributed by atoms with Gasteiger partial charge in [-0.3, -0.25) is 19.2 Å². The Morgan fingerprint density at radius 2 is 1.68 bits per heavy atom. The molecule has 0 spiro atoms. The number of rotatable bonds is 12. The summed E-state index contributed by atoms with van der Waals surface area (Å²) in [5.74, 6) is -0.733. The summed E-state index contributed by atoms with van der Waals surface area (Å²) in [5, 5.41) is 13.1. The molecule has 0 saturated carbocycles. The summed E-state index contributed by atoms with van der Waals surface area (Å²) in [5.41, 5.74) is 2.64. The number of pyridine rings is 1. The van der Waals surface area contributed by atoms with E-state index in [0.717, 1.165) is 6.42 Å². The zero-order valence-corrected chi connectivity index (χ0v) is 29.2. The van der Waals surface area contributed by atoms with Crippen molar-refractivity contribution < 1.29 is 23.9 Å². The Bertz CT molecular complexity index is 1700. The SMILES string of the molecule is CNC(=O)c1cc(Cl)cc(C)c1NC(=O)c1cc(Br)nn1-c1ncccc1Cl.COC(=O)CCCCC(=O)NCCc1ccccc1. The number of carbonyl (C=O) groups is 4. The van der Waals surface area contributed by atoms with E-state index in [9.17, 15) is 19.2 Å². The number of anilines is 1. The van der Waals surface area contributed by atoms with Gasteiger partial charge in [0.25, 0.3) is 11.8 Å². The molecule has 0 bridgehead atoms. The van der Waals surface area contributed by atoms with Crippen molar-refractivity contribution in [3.63, 3.8) is 0 Å². The van der Waals surface area contributed by atoms with Crippen molar-refractivity contribution in [1.82, 2.24) is 25.4 Å². The number of esters is 1. The van der Waals surface area contributed by atoms with Gasteiger partial charge in [0.05, 0.1) is 23.4 Å². The largest absolute Gasteiger partial charge is 0.469 e.